The fourth-order valence-corrected chi connectivity index (χ4v) is 0.437. The van der Waals surface area contributed by atoms with Gasteiger partial charge in [-0.1, -0.05) is 14.4 Å². The Morgan fingerprint density at radius 2 is 2.00 bits per heavy atom. The molecule has 0 N–H and O–H groups in total. The summed E-state index contributed by atoms with van der Waals surface area (Å²) in [5, 5.41) is 0. The third-order valence-corrected chi connectivity index (χ3v) is 0.759. The first-order chi connectivity index (χ1) is 3.81. The molecule has 2 nitrogen and oxygen atoms in total. The van der Waals surface area contributed by atoms with Crippen molar-refractivity contribution in [1.82, 2.24) is 0 Å². The van der Waals surface area contributed by atoms with E-state index in [2.05, 4.69) is 4.74 Å². The zero-order valence-electron chi connectivity index (χ0n) is 5.44. The maximum absolute atomic E-state index is 10.4. The van der Waals surface area contributed by atoms with Crippen LogP contribution in [0.2, 0.25) is 0 Å². The monoisotopic (exact) mass is 132 g/mol. The summed E-state index contributed by atoms with van der Waals surface area (Å²) in [4.78, 5) is 10.4. The molecule has 0 aliphatic rings. The van der Waals surface area contributed by atoms with Crippen LogP contribution >= 0.6 is 0 Å². The molecule has 0 aliphatic heterocycles. The van der Waals surface area contributed by atoms with Crippen molar-refractivity contribution in [2.24, 2.45) is 0 Å². The lowest BCUT2D eigenvalue weighted by Gasteiger charge is -1.96. The molecule has 0 aromatic heterocycles. The van der Waals surface area contributed by atoms with E-state index >= 15 is 0 Å². The van der Waals surface area contributed by atoms with Crippen molar-refractivity contribution in [3.8, 4) is 0 Å². The van der Waals surface area contributed by atoms with E-state index < -0.39 is 0 Å². The summed E-state index contributed by atoms with van der Waals surface area (Å²) in [7, 11) is 0. The number of hydrogen-bond donors (Lipinski definition) is 0. The van der Waals surface area contributed by atoms with Crippen molar-refractivity contribution in [1.29, 1.82) is 0 Å². The van der Waals surface area contributed by atoms with Gasteiger partial charge in [-0.3, -0.25) is 4.79 Å². The van der Waals surface area contributed by atoms with Crippen molar-refractivity contribution < 1.29 is 9.53 Å². The molecule has 2 heteroatoms. The van der Waals surface area contributed by atoms with Crippen LogP contribution in [-0.4, -0.2) is 12.6 Å². The predicted octanol–water partition coefficient (Wildman–Crippen LogP) is 1.99. The highest BCUT2D eigenvalue weighted by atomic mass is 16.5. The van der Waals surface area contributed by atoms with Gasteiger partial charge in [0.05, 0.1) is 6.61 Å². The van der Waals surface area contributed by atoms with E-state index in [9.17, 15) is 4.79 Å². The van der Waals surface area contributed by atoms with Crippen molar-refractivity contribution in [3.63, 3.8) is 0 Å². The quantitative estimate of drug-likeness (QED) is 0.549. The molecule has 0 amide bonds. The normalized spacial score (nSPS) is 7.78. The van der Waals surface area contributed by atoms with Crippen LogP contribution in [0.1, 0.15) is 34.1 Å². The molecule has 56 valence electrons. The molecule has 0 spiro atoms. The number of ether oxygens (including phenoxy) is 1. The second-order valence-electron chi connectivity index (χ2n) is 1.56. The molecule has 0 aliphatic carbocycles. The molecule has 0 saturated heterocycles. The lowest BCUT2D eigenvalue weighted by Crippen LogP contribution is -2.01. The molecule has 0 fully saturated rings. The van der Waals surface area contributed by atoms with E-state index in [1.165, 1.54) is 0 Å². The Bertz CT molecular complexity index is 61.3. The molecule has 0 rings (SSSR count). The first kappa shape index (κ1) is 11.3. The summed E-state index contributed by atoms with van der Waals surface area (Å²) < 4.78 is 4.64. The molecule has 0 unspecified atom stereocenters. The van der Waals surface area contributed by atoms with E-state index in [1.807, 2.05) is 13.8 Å². The van der Waals surface area contributed by atoms with E-state index in [0.717, 1.165) is 6.42 Å². The van der Waals surface area contributed by atoms with Crippen LogP contribution in [0.4, 0.5) is 0 Å². The molecule has 0 radical (unpaired) electrons. The SMILES string of the molecule is C.CCCC(=O)OCC. The zero-order valence-corrected chi connectivity index (χ0v) is 5.44. The average molecular weight is 132 g/mol. The first-order valence-electron chi connectivity index (χ1n) is 2.96. The standard InChI is InChI=1S/C6H12O2.CH4/c1-3-5-6(7)8-4-2;/h3-5H2,1-2H3;1H4. The van der Waals surface area contributed by atoms with E-state index in [-0.39, 0.29) is 13.4 Å². The Morgan fingerprint density at radius 3 is 2.33 bits per heavy atom. The molecule has 0 aromatic rings. The Morgan fingerprint density at radius 1 is 1.44 bits per heavy atom. The lowest BCUT2D eigenvalue weighted by atomic mass is 10.3. The Hall–Kier alpha value is -0.530. The highest BCUT2D eigenvalue weighted by Crippen LogP contribution is 1.89. The molecule has 0 heterocycles. The predicted molar refractivity (Wildman–Crippen MR) is 38.3 cm³/mol. The van der Waals surface area contributed by atoms with Crippen LogP contribution in [0.15, 0.2) is 0 Å². The highest BCUT2D eigenvalue weighted by Gasteiger charge is 1.95. The summed E-state index contributed by atoms with van der Waals surface area (Å²) >= 11 is 0. The van der Waals surface area contributed by atoms with Gasteiger partial charge in [0.2, 0.25) is 0 Å². The summed E-state index contributed by atoms with van der Waals surface area (Å²) in [6.07, 6.45) is 1.42. The molecular formula is C7H16O2. The van der Waals surface area contributed by atoms with Crippen LogP contribution in [-0.2, 0) is 9.53 Å². The van der Waals surface area contributed by atoms with Gasteiger partial charge in [-0.25, -0.2) is 0 Å². The third-order valence-electron chi connectivity index (χ3n) is 0.759. The smallest absolute Gasteiger partial charge is 0.305 e. The van der Waals surface area contributed by atoms with E-state index in [4.69, 9.17) is 0 Å². The molecule has 9 heavy (non-hydrogen) atoms. The van der Waals surface area contributed by atoms with E-state index in [0.29, 0.717) is 13.0 Å². The van der Waals surface area contributed by atoms with Crippen LogP contribution in [0.25, 0.3) is 0 Å². The second kappa shape index (κ2) is 7.47. The minimum Gasteiger partial charge on any atom is -0.466 e. The van der Waals surface area contributed by atoms with Gasteiger partial charge >= 0.3 is 5.97 Å². The summed E-state index contributed by atoms with van der Waals surface area (Å²) in [5.74, 6) is -0.0880. The fourth-order valence-electron chi connectivity index (χ4n) is 0.437. The minimum atomic E-state index is -0.0880. The number of esters is 1. The highest BCUT2D eigenvalue weighted by molar-refractivity contribution is 5.69. The van der Waals surface area contributed by atoms with Crippen LogP contribution in [0, 0.1) is 0 Å². The van der Waals surface area contributed by atoms with Crippen LogP contribution in [0.5, 0.6) is 0 Å². The van der Waals surface area contributed by atoms with Crippen molar-refractivity contribution in [3.05, 3.63) is 0 Å². The van der Waals surface area contributed by atoms with Gasteiger partial charge < -0.3 is 4.74 Å². The van der Waals surface area contributed by atoms with Crippen LogP contribution in [0.3, 0.4) is 0 Å². The lowest BCUT2D eigenvalue weighted by molar-refractivity contribution is -0.143. The van der Waals surface area contributed by atoms with Crippen LogP contribution < -0.4 is 0 Å². The molecule has 0 saturated carbocycles. The summed E-state index contributed by atoms with van der Waals surface area (Å²) in [5.41, 5.74) is 0. The largest absolute Gasteiger partial charge is 0.466 e. The summed E-state index contributed by atoms with van der Waals surface area (Å²) in [6.45, 7) is 4.27. The van der Waals surface area contributed by atoms with Gasteiger partial charge in [0.15, 0.2) is 0 Å². The topological polar surface area (TPSA) is 26.3 Å². The maximum atomic E-state index is 10.4. The van der Waals surface area contributed by atoms with Gasteiger partial charge in [0.1, 0.15) is 0 Å². The van der Waals surface area contributed by atoms with Crippen molar-refractivity contribution in [2.75, 3.05) is 6.61 Å². The van der Waals surface area contributed by atoms with Crippen molar-refractivity contribution in [2.45, 2.75) is 34.1 Å². The van der Waals surface area contributed by atoms with Gasteiger partial charge in [0, 0.05) is 6.42 Å². The molecule has 0 bridgehead atoms. The Balaban J connectivity index is 0. The minimum absolute atomic E-state index is 0. The third kappa shape index (κ3) is 7.47. The molecule has 0 atom stereocenters. The van der Waals surface area contributed by atoms with Gasteiger partial charge in [0.25, 0.3) is 0 Å². The second-order valence-corrected chi connectivity index (χ2v) is 1.56. The van der Waals surface area contributed by atoms with Gasteiger partial charge in [-0.05, 0) is 13.3 Å². The number of hydrogen-bond acceptors (Lipinski definition) is 2. The number of rotatable bonds is 3. The average Bonchev–Trinajstić information content (AvgIpc) is 1.68. The first-order valence-corrected chi connectivity index (χ1v) is 2.96. The number of carbonyl (C=O) groups excluding carboxylic acids is 1. The zero-order chi connectivity index (χ0) is 6.41. The van der Waals surface area contributed by atoms with Crippen molar-refractivity contribution >= 4 is 5.97 Å². The van der Waals surface area contributed by atoms with E-state index in [1.54, 1.807) is 0 Å². The Labute approximate surface area is 57.2 Å². The van der Waals surface area contributed by atoms with Gasteiger partial charge in [-0.15, -0.1) is 0 Å². The number of carbonyl (C=O) groups is 1. The molecule has 0 aromatic carbocycles. The van der Waals surface area contributed by atoms with Gasteiger partial charge in [-0.2, -0.15) is 0 Å². The fraction of sp³-hybridized carbons (Fsp3) is 0.857. The maximum Gasteiger partial charge on any atom is 0.305 e. The Kier molecular flexibility index (Phi) is 9.37. The summed E-state index contributed by atoms with van der Waals surface area (Å²) in [6, 6.07) is 0. The molecular weight excluding hydrogens is 116 g/mol.